The Hall–Kier alpha value is -2.71. The molecule has 2 amide bonds. The molecule has 1 aliphatic rings. The summed E-state index contributed by atoms with van der Waals surface area (Å²) in [7, 11) is 4.62. The third-order valence-corrected chi connectivity index (χ3v) is 5.53. The maximum absolute atomic E-state index is 12.5. The number of ether oxygens (including phenoxy) is 2. The van der Waals surface area contributed by atoms with Crippen molar-refractivity contribution in [2.24, 2.45) is 0 Å². The second-order valence-electron chi connectivity index (χ2n) is 6.39. The van der Waals surface area contributed by atoms with Crippen molar-refractivity contribution >= 4 is 51.2 Å². The number of nitrogens with zero attached hydrogens (tertiary/aromatic N) is 2. The number of amides is 2. The molecule has 0 aromatic heterocycles. The van der Waals surface area contributed by atoms with Gasteiger partial charge in [0.05, 0.1) is 7.11 Å². The van der Waals surface area contributed by atoms with E-state index in [4.69, 9.17) is 21.7 Å². The number of halogens is 1. The van der Waals surface area contributed by atoms with Gasteiger partial charge in [-0.05, 0) is 53.7 Å². The molecule has 0 bridgehead atoms. The highest BCUT2D eigenvalue weighted by molar-refractivity contribution is 9.10. The van der Waals surface area contributed by atoms with Crippen molar-refractivity contribution < 1.29 is 19.1 Å². The fraction of sp³-hybridized carbons (Fsp3) is 0.190. The molecule has 8 heteroatoms. The van der Waals surface area contributed by atoms with Crippen LogP contribution >= 0.6 is 28.1 Å². The number of benzene rings is 2. The lowest BCUT2D eigenvalue weighted by molar-refractivity contribution is -0.132. The van der Waals surface area contributed by atoms with E-state index in [1.807, 2.05) is 24.3 Å². The van der Waals surface area contributed by atoms with Gasteiger partial charge in [0, 0.05) is 18.6 Å². The van der Waals surface area contributed by atoms with Crippen molar-refractivity contribution in [2.45, 2.75) is 6.61 Å². The Kier molecular flexibility index (Phi) is 6.34. The van der Waals surface area contributed by atoms with Crippen LogP contribution in [0.15, 0.2) is 52.5 Å². The summed E-state index contributed by atoms with van der Waals surface area (Å²) >= 11 is 8.50. The van der Waals surface area contributed by atoms with Gasteiger partial charge in [0.15, 0.2) is 16.6 Å². The Balaban J connectivity index is 1.83. The molecule has 0 atom stereocenters. The van der Waals surface area contributed by atoms with Gasteiger partial charge in [0.1, 0.15) is 12.2 Å². The molecule has 2 aromatic carbocycles. The molecule has 150 valence electrons. The SMILES string of the molecule is COc1cc(C=C2C(=O)N(C)C(=S)N(C)C2=O)ccc1OCc1ccc(Br)cc1. The molecule has 1 fully saturated rings. The van der Waals surface area contributed by atoms with Crippen LogP contribution in [-0.4, -0.2) is 47.9 Å². The van der Waals surface area contributed by atoms with Crippen LogP contribution in [0.1, 0.15) is 11.1 Å². The fourth-order valence-electron chi connectivity index (χ4n) is 2.78. The summed E-state index contributed by atoms with van der Waals surface area (Å²) in [5.74, 6) is 0.193. The quantitative estimate of drug-likeness (QED) is 0.376. The summed E-state index contributed by atoms with van der Waals surface area (Å²) in [5.41, 5.74) is 1.69. The normalized spacial score (nSPS) is 14.3. The first-order chi connectivity index (χ1) is 13.8. The monoisotopic (exact) mass is 474 g/mol. The Labute approximate surface area is 182 Å². The van der Waals surface area contributed by atoms with Crippen LogP contribution in [0, 0.1) is 0 Å². The topological polar surface area (TPSA) is 59.1 Å². The number of rotatable bonds is 5. The second kappa shape index (κ2) is 8.75. The number of hydrogen-bond acceptors (Lipinski definition) is 5. The molecule has 0 saturated carbocycles. The minimum atomic E-state index is -0.437. The number of methoxy groups -OCH3 is 1. The van der Waals surface area contributed by atoms with E-state index in [-0.39, 0.29) is 10.7 Å². The summed E-state index contributed by atoms with van der Waals surface area (Å²) in [6, 6.07) is 13.1. The zero-order valence-corrected chi connectivity index (χ0v) is 18.5. The lowest BCUT2D eigenvalue weighted by Gasteiger charge is -2.31. The highest BCUT2D eigenvalue weighted by Crippen LogP contribution is 2.30. The van der Waals surface area contributed by atoms with E-state index in [1.54, 1.807) is 32.3 Å². The second-order valence-corrected chi connectivity index (χ2v) is 7.68. The maximum Gasteiger partial charge on any atom is 0.265 e. The van der Waals surface area contributed by atoms with Crippen molar-refractivity contribution in [3.8, 4) is 11.5 Å². The third kappa shape index (κ3) is 4.49. The van der Waals surface area contributed by atoms with E-state index in [2.05, 4.69) is 15.9 Å². The van der Waals surface area contributed by atoms with Crippen LogP contribution in [0.25, 0.3) is 6.08 Å². The van der Waals surface area contributed by atoms with Gasteiger partial charge in [-0.1, -0.05) is 34.1 Å². The number of thiocarbonyl (C=S) groups is 1. The largest absolute Gasteiger partial charge is 0.493 e. The minimum absolute atomic E-state index is 0.0363. The molecule has 2 aromatic rings. The van der Waals surface area contributed by atoms with Gasteiger partial charge < -0.3 is 9.47 Å². The highest BCUT2D eigenvalue weighted by Gasteiger charge is 2.35. The molecule has 1 aliphatic heterocycles. The van der Waals surface area contributed by atoms with Crippen molar-refractivity contribution in [1.29, 1.82) is 0 Å². The van der Waals surface area contributed by atoms with Crippen LogP contribution in [0.4, 0.5) is 0 Å². The molecule has 1 heterocycles. The van der Waals surface area contributed by atoms with Crippen LogP contribution in [0.5, 0.6) is 11.5 Å². The van der Waals surface area contributed by atoms with Crippen LogP contribution in [-0.2, 0) is 16.2 Å². The van der Waals surface area contributed by atoms with E-state index in [1.165, 1.54) is 23.0 Å². The highest BCUT2D eigenvalue weighted by atomic mass is 79.9. The van der Waals surface area contributed by atoms with Crippen LogP contribution in [0.2, 0.25) is 0 Å². The van der Waals surface area contributed by atoms with E-state index in [0.29, 0.717) is 23.7 Å². The molecular weight excluding hydrogens is 456 g/mol. The molecule has 1 saturated heterocycles. The van der Waals surface area contributed by atoms with E-state index in [0.717, 1.165) is 10.0 Å². The Bertz CT molecular complexity index is 978. The van der Waals surface area contributed by atoms with Gasteiger partial charge in [0.25, 0.3) is 11.8 Å². The van der Waals surface area contributed by atoms with Gasteiger partial charge in [-0.3, -0.25) is 19.4 Å². The minimum Gasteiger partial charge on any atom is -0.493 e. The molecule has 6 nitrogen and oxygen atoms in total. The average Bonchev–Trinajstić information content (AvgIpc) is 2.74. The molecule has 29 heavy (non-hydrogen) atoms. The number of likely N-dealkylation sites (N-methyl/N-ethyl adjacent to an activating group) is 2. The summed E-state index contributed by atoms with van der Waals surface area (Å²) in [6.07, 6.45) is 1.53. The van der Waals surface area contributed by atoms with Gasteiger partial charge in [-0.2, -0.15) is 0 Å². The molecule has 0 N–H and O–H groups in total. The number of carbonyl (C=O) groups is 2. The summed E-state index contributed by atoms with van der Waals surface area (Å²) < 4.78 is 12.3. The molecule has 0 aliphatic carbocycles. The Morgan fingerprint density at radius 1 is 1.00 bits per heavy atom. The predicted octanol–water partition coefficient (Wildman–Crippen LogP) is 3.64. The Morgan fingerprint density at radius 3 is 2.21 bits per heavy atom. The summed E-state index contributed by atoms with van der Waals surface area (Å²) in [6.45, 7) is 0.383. The van der Waals surface area contributed by atoms with Crippen molar-refractivity contribution in [2.75, 3.05) is 21.2 Å². The summed E-state index contributed by atoms with van der Waals surface area (Å²) in [4.78, 5) is 27.5. The van der Waals surface area contributed by atoms with Crippen LogP contribution < -0.4 is 9.47 Å². The fourth-order valence-corrected chi connectivity index (χ4v) is 3.21. The van der Waals surface area contributed by atoms with E-state index < -0.39 is 11.8 Å². The lowest BCUT2D eigenvalue weighted by atomic mass is 10.1. The first kappa shape index (κ1) is 21.0. The van der Waals surface area contributed by atoms with Crippen molar-refractivity contribution in [1.82, 2.24) is 9.80 Å². The zero-order valence-electron chi connectivity index (χ0n) is 16.1. The number of hydrogen-bond donors (Lipinski definition) is 0. The first-order valence-corrected chi connectivity index (χ1v) is 9.89. The predicted molar refractivity (Wildman–Crippen MR) is 118 cm³/mol. The maximum atomic E-state index is 12.5. The van der Waals surface area contributed by atoms with Crippen LogP contribution in [0.3, 0.4) is 0 Å². The van der Waals surface area contributed by atoms with Gasteiger partial charge >= 0.3 is 0 Å². The molecular formula is C21H19BrN2O4S. The molecule has 0 radical (unpaired) electrons. The molecule has 3 rings (SSSR count). The standard InChI is InChI=1S/C21H19BrN2O4S/c1-23-19(25)16(20(26)24(2)21(23)29)10-14-6-9-17(18(11-14)27-3)28-12-13-4-7-15(22)8-5-13/h4-11H,12H2,1-3H3. The van der Waals surface area contributed by atoms with Gasteiger partial charge in [-0.25, -0.2) is 0 Å². The Morgan fingerprint density at radius 2 is 1.62 bits per heavy atom. The van der Waals surface area contributed by atoms with Crippen molar-refractivity contribution in [3.05, 3.63) is 63.6 Å². The number of carbonyl (C=O) groups excluding carboxylic acids is 2. The molecule has 0 spiro atoms. The zero-order chi connectivity index (χ0) is 21.1. The first-order valence-electron chi connectivity index (χ1n) is 8.69. The molecule has 0 unspecified atom stereocenters. The summed E-state index contributed by atoms with van der Waals surface area (Å²) in [5, 5.41) is 0.173. The van der Waals surface area contributed by atoms with Gasteiger partial charge in [-0.15, -0.1) is 0 Å². The van der Waals surface area contributed by atoms with E-state index >= 15 is 0 Å². The third-order valence-electron chi connectivity index (χ3n) is 4.45. The lowest BCUT2D eigenvalue weighted by Crippen LogP contribution is -2.52. The average molecular weight is 475 g/mol. The van der Waals surface area contributed by atoms with E-state index in [9.17, 15) is 9.59 Å². The van der Waals surface area contributed by atoms with Crippen molar-refractivity contribution in [3.63, 3.8) is 0 Å². The van der Waals surface area contributed by atoms with Gasteiger partial charge in [0.2, 0.25) is 0 Å². The smallest absolute Gasteiger partial charge is 0.265 e.